The van der Waals surface area contributed by atoms with E-state index in [0.717, 1.165) is 24.1 Å². The highest BCUT2D eigenvalue weighted by molar-refractivity contribution is 5.95. The number of amides is 1. The fourth-order valence-corrected chi connectivity index (χ4v) is 2.83. The van der Waals surface area contributed by atoms with Crippen LogP contribution in [0.5, 0.6) is 0 Å². The van der Waals surface area contributed by atoms with Gasteiger partial charge in [0.1, 0.15) is 0 Å². The summed E-state index contributed by atoms with van der Waals surface area (Å²) in [7, 11) is 0. The maximum atomic E-state index is 12.6. The van der Waals surface area contributed by atoms with E-state index >= 15 is 0 Å². The number of rotatable bonds is 2. The van der Waals surface area contributed by atoms with Crippen LogP contribution in [0.4, 0.5) is 0 Å². The van der Waals surface area contributed by atoms with E-state index in [0.29, 0.717) is 12.5 Å². The van der Waals surface area contributed by atoms with Gasteiger partial charge in [-0.3, -0.25) is 4.79 Å². The first-order valence-electron chi connectivity index (χ1n) is 6.71. The van der Waals surface area contributed by atoms with Gasteiger partial charge in [0.15, 0.2) is 0 Å². The Hall–Kier alpha value is -1.35. The first-order chi connectivity index (χ1) is 8.65. The molecule has 0 aromatic heterocycles. The van der Waals surface area contributed by atoms with Gasteiger partial charge in [0.2, 0.25) is 0 Å². The maximum absolute atomic E-state index is 12.6. The Labute approximate surface area is 109 Å². The Kier molecular flexibility index (Phi) is 4.02. The summed E-state index contributed by atoms with van der Waals surface area (Å²) in [6.45, 7) is 5.56. The summed E-state index contributed by atoms with van der Waals surface area (Å²) in [5.74, 6) is 0.631. The van der Waals surface area contributed by atoms with Crippen molar-refractivity contribution < 1.29 is 4.79 Å². The molecule has 0 radical (unpaired) electrons. The number of aryl methyl sites for hydroxylation is 1. The van der Waals surface area contributed by atoms with Crippen molar-refractivity contribution in [3.8, 4) is 0 Å². The van der Waals surface area contributed by atoms with E-state index in [9.17, 15) is 4.79 Å². The summed E-state index contributed by atoms with van der Waals surface area (Å²) in [6, 6.07) is 7.96. The van der Waals surface area contributed by atoms with Gasteiger partial charge in [-0.05, 0) is 37.3 Å². The molecule has 0 saturated carbocycles. The number of piperidine rings is 1. The molecule has 0 spiro atoms. The maximum Gasteiger partial charge on any atom is 0.254 e. The smallest absolute Gasteiger partial charge is 0.254 e. The fourth-order valence-electron chi connectivity index (χ4n) is 2.83. The van der Waals surface area contributed by atoms with Crippen LogP contribution in [0.25, 0.3) is 0 Å². The molecule has 1 aromatic rings. The summed E-state index contributed by atoms with van der Waals surface area (Å²) >= 11 is 0. The highest BCUT2D eigenvalue weighted by atomic mass is 16.2. The molecule has 1 amide bonds. The molecule has 98 valence electrons. The van der Waals surface area contributed by atoms with Gasteiger partial charge in [0.25, 0.3) is 5.91 Å². The molecule has 1 aliphatic heterocycles. The largest absolute Gasteiger partial charge is 0.334 e. The Morgan fingerprint density at radius 3 is 2.83 bits per heavy atom. The van der Waals surface area contributed by atoms with Gasteiger partial charge < -0.3 is 10.6 Å². The molecule has 1 saturated heterocycles. The molecule has 1 aromatic carbocycles. The van der Waals surface area contributed by atoms with Crippen LogP contribution in [0.3, 0.4) is 0 Å². The highest BCUT2D eigenvalue weighted by Gasteiger charge is 2.31. The van der Waals surface area contributed by atoms with E-state index in [1.165, 1.54) is 6.42 Å². The predicted octanol–water partition coefficient (Wildman–Crippen LogP) is 2.19. The van der Waals surface area contributed by atoms with Crippen LogP contribution in [0.15, 0.2) is 24.3 Å². The minimum atomic E-state index is 0.134. The molecule has 0 unspecified atom stereocenters. The van der Waals surface area contributed by atoms with Gasteiger partial charge in [-0.1, -0.05) is 25.1 Å². The Morgan fingerprint density at radius 1 is 1.44 bits per heavy atom. The minimum Gasteiger partial charge on any atom is -0.334 e. The molecule has 0 bridgehead atoms. The van der Waals surface area contributed by atoms with Crippen molar-refractivity contribution in [2.75, 3.05) is 13.1 Å². The average molecular weight is 246 g/mol. The van der Waals surface area contributed by atoms with Gasteiger partial charge in [-0.2, -0.15) is 0 Å². The van der Waals surface area contributed by atoms with Crippen molar-refractivity contribution in [1.29, 1.82) is 0 Å². The van der Waals surface area contributed by atoms with Crippen LogP contribution in [-0.4, -0.2) is 29.9 Å². The van der Waals surface area contributed by atoms with Gasteiger partial charge in [0.05, 0.1) is 0 Å². The average Bonchev–Trinajstić information content (AvgIpc) is 2.38. The van der Waals surface area contributed by atoms with E-state index in [4.69, 9.17) is 5.73 Å². The zero-order chi connectivity index (χ0) is 13.1. The predicted molar refractivity (Wildman–Crippen MR) is 73.5 cm³/mol. The van der Waals surface area contributed by atoms with Crippen LogP contribution in [0.2, 0.25) is 0 Å². The Bertz CT molecular complexity index is 430. The molecular formula is C15H22N2O. The highest BCUT2D eigenvalue weighted by Crippen LogP contribution is 2.25. The van der Waals surface area contributed by atoms with Gasteiger partial charge in [0, 0.05) is 24.7 Å². The number of carbonyl (C=O) groups is 1. The minimum absolute atomic E-state index is 0.134. The molecule has 1 aliphatic rings. The number of likely N-dealkylation sites (tertiary alicyclic amines) is 1. The second-order valence-electron chi connectivity index (χ2n) is 5.24. The molecule has 2 atom stereocenters. The topological polar surface area (TPSA) is 46.3 Å². The number of carbonyl (C=O) groups excluding carboxylic acids is 1. The number of nitrogens with zero attached hydrogens (tertiary/aromatic N) is 1. The number of hydrogen-bond donors (Lipinski definition) is 1. The quantitative estimate of drug-likeness (QED) is 0.869. The molecule has 3 heteroatoms. The van der Waals surface area contributed by atoms with Crippen molar-refractivity contribution in [1.82, 2.24) is 4.90 Å². The van der Waals surface area contributed by atoms with Crippen molar-refractivity contribution in [3.05, 3.63) is 35.4 Å². The third-order valence-corrected chi connectivity index (χ3v) is 3.99. The molecule has 2 N–H and O–H groups in total. The molecule has 2 rings (SSSR count). The Balaban J connectivity index is 2.25. The zero-order valence-corrected chi connectivity index (χ0v) is 11.2. The fraction of sp³-hybridized carbons (Fsp3) is 0.533. The van der Waals surface area contributed by atoms with Crippen LogP contribution >= 0.6 is 0 Å². The van der Waals surface area contributed by atoms with Gasteiger partial charge in [-0.25, -0.2) is 0 Å². The SMILES string of the molecule is Cc1ccccc1C(=O)N1CCC[C@H](C)[C@H]1CN. The number of nitrogens with two attached hydrogens (primary N) is 1. The monoisotopic (exact) mass is 246 g/mol. The summed E-state index contributed by atoms with van der Waals surface area (Å²) in [4.78, 5) is 14.6. The lowest BCUT2D eigenvalue weighted by molar-refractivity contribution is 0.0532. The normalized spacial score (nSPS) is 24.1. The standard InChI is InChI=1S/C15H22N2O/c1-11-6-3-4-8-13(11)15(18)17-9-5-7-12(2)14(17)10-16/h3-4,6,8,12,14H,5,7,9-10,16H2,1-2H3/t12-,14+/m0/s1. The van der Waals surface area contributed by atoms with E-state index in [1.807, 2.05) is 36.1 Å². The van der Waals surface area contributed by atoms with Crippen molar-refractivity contribution in [2.24, 2.45) is 11.7 Å². The molecule has 1 fully saturated rings. The van der Waals surface area contributed by atoms with Crippen LogP contribution in [-0.2, 0) is 0 Å². The Morgan fingerprint density at radius 2 is 2.17 bits per heavy atom. The van der Waals surface area contributed by atoms with Crippen molar-refractivity contribution in [3.63, 3.8) is 0 Å². The zero-order valence-electron chi connectivity index (χ0n) is 11.2. The lowest BCUT2D eigenvalue weighted by Gasteiger charge is -2.39. The number of hydrogen-bond acceptors (Lipinski definition) is 2. The van der Waals surface area contributed by atoms with Crippen LogP contribution < -0.4 is 5.73 Å². The molecular weight excluding hydrogens is 224 g/mol. The summed E-state index contributed by atoms with van der Waals surface area (Å²) in [6.07, 6.45) is 2.24. The molecule has 1 heterocycles. The molecule has 0 aliphatic carbocycles. The van der Waals surface area contributed by atoms with E-state index < -0.39 is 0 Å². The van der Waals surface area contributed by atoms with Crippen molar-refractivity contribution in [2.45, 2.75) is 32.7 Å². The lowest BCUT2D eigenvalue weighted by Crippen LogP contribution is -2.51. The van der Waals surface area contributed by atoms with Crippen molar-refractivity contribution >= 4 is 5.91 Å². The third-order valence-electron chi connectivity index (χ3n) is 3.99. The van der Waals surface area contributed by atoms with E-state index in [1.54, 1.807) is 0 Å². The first-order valence-corrected chi connectivity index (χ1v) is 6.71. The first kappa shape index (κ1) is 13.1. The molecule has 18 heavy (non-hydrogen) atoms. The summed E-state index contributed by atoms with van der Waals surface area (Å²) in [5.41, 5.74) is 7.69. The van der Waals surface area contributed by atoms with E-state index in [2.05, 4.69) is 6.92 Å². The van der Waals surface area contributed by atoms with Crippen LogP contribution in [0, 0.1) is 12.8 Å². The second kappa shape index (κ2) is 5.53. The summed E-state index contributed by atoms with van der Waals surface area (Å²) < 4.78 is 0. The third kappa shape index (κ3) is 2.41. The van der Waals surface area contributed by atoms with Gasteiger partial charge in [-0.15, -0.1) is 0 Å². The van der Waals surface area contributed by atoms with Crippen LogP contribution in [0.1, 0.15) is 35.7 Å². The number of benzene rings is 1. The summed E-state index contributed by atoms with van der Waals surface area (Å²) in [5, 5.41) is 0. The van der Waals surface area contributed by atoms with Gasteiger partial charge >= 0.3 is 0 Å². The molecule has 3 nitrogen and oxygen atoms in total. The lowest BCUT2D eigenvalue weighted by atomic mass is 9.90. The van der Waals surface area contributed by atoms with E-state index in [-0.39, 0.29) is 11.9 Å². The second-order valence-corrected chi connectivity index (χ2v) is 5.24.